The molecule has 100 valence electrons. The number of rotatable bonds is 6. The zero-order chi connectivity index (χ0) is 13.5. The van der Waals surface area contributed by atoms with E-state index in [0.717, 1.165) is 10.9 Å². The van der Waals surface area contributed by atoms with Gasteiger partial charge in [-0.05, 0) is 43.9 Å². The summed E-state index contributed by atoms with van der Waals surface area (Å²) < 4.78 is 5.97. The van der Waals surface area contributed by atoms with Gasteiger partial charge in [-0.2, -0.15) is 0 Å². The van der Waals surface area contributed by atoms with Gasteiger partial charge in [0.1, 0.15) is 0 Å². The molecule has 0 bridgehead atoms. The average Bonchev–Trinajstić information content (AvgIpc) is 2.32. The molecule has 0 heterocycles. The van der Waals surface area contributed by atoms with Crippen LogP contribution in [-0.4, -0.2) is 18.6 Å². The second-order valence-electron chi connectivity index (χ2n) is 4.39. The quantitative estimate of drug-likeness (QED) is 0.821. The van der Waals surface area contributed by atoms with Crippen LogP contribution in [0.3, 0.4) is 0 Å². The van der Waals surface area contributed by atoms with Crippen LogP contribution in [0.25, 0.3) is 0 Å². The Kier molecular flexibility index (Phi) is 6.36. The van der Waals surface area contributed by atoms with Gasteiger partial charge < -0.3 is 10.5 Å². The van der Waals surface area contributed by atoms with Crippen molar-refractivity contribution in [2.75, 3.05) is 6.61 Å². The fourth-order valence-electron chi connectivity index (χ4n) is 1.70. The van der Waals surface area contributed by atoms with Crippen LogP contribution in [-0.2, 0) is 16.0 Å². The van der Waals surface area contributed by atoms with E-state index in [2.05, 4.69) is 41.1 Å². The zero-order valence-electron chi connectivity index (χ0n) is 10.9. The number of nitrogens with two attached hydrogens (primary N) is 1. The Hall–Kier alpha value is -0.870. The fourth-order valence-corrected chi connectivity index (χ4v) is 2.13. The third kappa shape index (κ3) is 5.19. The second-order valence-corrected chi connectivity index (χ2v) is 5.25. The lowest BCUT2D eigenvalue weighted by atomic mass is 10.0. The molecular formula is C14H20BrNO2. The largest absolute Gasteiger partial charge is 0.466 e. The molecule has 0 aliphatic carbocycles. The molecule has 1 aromatic rings. The number of hydrogen-bond donors (Lipinski definition) is 1. The first kappa shape index (κ1) is 15.2. The predicted octanol–water partition coefficient (Wildman–Crippen LogP) is 2.97. The SMILES string of the molecule is CCOC(=O)CCC(N)Cc1ccc(C)c(Br)c1. The van der Waals surface area contributed by atoms with E-state index in [-0.39, 0.29) is 12.0 Å². The molecule has 0 saturated carbocycles. The van der Waals surface area contributed by atoms with Crippen molar-refractivity contribution in [3.05, 3.63) is 33.8 Å². The maximum Gasteiger partial charge on any atom is 0.305 e. The van der Waals surface area contributed by atoms with Crippen LogP contribution in [0.15, 0.2) is 22.7 Å². The molecule has 0 aromatic heterocycles. The number of halogens is 1. The number of ether oxygens (including phenoxy) is 1. The molecular weight excluding hydrogens is 294 g/mol. The van der Waals surface area contributed by atoms with E-state index in [0.29, 0.717) is 19.4 Å². The first-order valence-electron chi connectivity index (χ1n) is 6.19. The number of hydrogen-bond acceptors (Lipinski definition) is 3. The summed E-state index contributed by atoms with van der Waals surface area (Å²) in [6.07, 6.45) is 1.82. The van der Waals surface area contributed by atoms with E-state index in [4.69, 9.17) is 10.5 Å². The number of benzene rings is 1. The first-order chi connectivity index (χ1) is 8.52. The van der Waals surface area contributed by atoms with Crippen molar-refractivity contribution >= 4 is 21.9 Å². The van der Waals surface area contributed by atoms with Crippen LogP contribution < -0.4 is 5.73 Å². The lowest BCUT2D eigenvalue weighted by molar-refractivity contribution is -0.143. The standard InChI is InChI=1S/C14H20BrNO2/c1-3-18-14(17)7-6-12(16)8-11-5-4-10(2)13(15)9-11/h4-5,9,12H,3,6-8,16H2,1-2H3. The van der Waals surface area contributed by atoms with E-state index in [9.17, 15) is 4.79 Å². The highest BCUT2D eigenvalue weighted by Crippen LogP contribution is 2.18. The van der Waals surface area contributed by atoms with Crippen LogP contribution in [0.4, 0.5) is 0 Å². The molecule has 18 heavy (non-hydrogen) atoms. The normalized spacial score (nSPS) is 12.2. The summed E-state index contributed by atoms with van der Waals surface area (Å²) in [7, 11) is 0. The lowest BCUT2D eigenvalue weighted by Gasteiger charge is -2.12. The first-order valence-corrected chi connectivity index (χ1v) is 6.98. The van der Waals surface area contributed by atoms with Gasteiger partial charge in [0.05, 0.1) is 6.61 Å². The van der Waals surface area contributed by atoms with Crippen molar-refractivity contribution in [3.8, 4) is 0 Å². The lowest BCUT2D eigenvalue weighted by Crippen LogP contribution is -2.24. The maximum absolute atomic E-state index is 11.2. The van der Waals surface area contributed by atoms with Gasteiger partial charge in [-0.25, -0.2) is 0 Å². The van der Waals surface area contributed by atoms with E-state index in [1.54, 1.807) is 0 Å². The Morgan fingerprint density at radius 2 is 2.22 bits per heavy atom. The third-order valence-corrected chi connectivity index (χ3v) is 3.61. The summed E-state index contributed by atoms with van der Waals surface area (Å²) in [5.41, 5.74) is 8.41. The van der Waals surface area contributed by atoms with E-state index in [1.165, 1.54) is 11.1 Å². The number of carbonyl (C=O) groups excluding carboxylic acids is 1. The van der Waals surface area contributed by atoms with Gasteiger partial charge >= 0.3 is 5.97 Å². The Morgan fingerprint density at radius 3 is 2.83 bits per heavy atom. The van der Waals surface area contributed by atoms with Crippen molar-refractivity contribution in [2.45, 2.75) is 39.2 Å². The second kappa shape index (κ2) is 7.54. The molecule has 1 rings (SSSR count). The average molecular weight is 314 g/mol. The van der Waals surface area contributed by atoms with Gasteiger partial charge in [-0.1, -0.05) is 28.1 Å². The van der Waals surface area contributed by atoms with Crippen molar-refractivity contribution in [2.24, 2.45) is 5.73 Å². The molecule has 1 aromatic carbocycles. The predicted molar refractivity (Wildman–Crippen MR) is 76.4 cm³/mol. The topological polar surface area (TPSA) is 52.3 Å². The molecule has 0 saturated heterocycles. The molecule has 0 radical (unpaired) electrons. The molecule has 0 aliphatic heterocycles. The summed E-state index contributed by atoms with van der Waals surface area (Å²) >= 11 is 3.50. The minimum Gasteiger partial charge on any atom is -0.466 e. The van der Waals surface area contributed by atoms with Crippen molar-refractivity contribution in [3.63, 3.8) is 0 Å². The molecule has 3 nitrogen and oxygen atoms in total. The fraction of sp³-hybridized carbons (Fsp3) is 0.500. The minimum absolute atomic E-state index is 0.0102. The Morgan fingerprint density at radius 1 is 1.50 bits per heavy atom. The number of carbonyl (C=O) groups is 1. The number of esters is 1. The highest BCUT2D eigenvalue weighted by Gasteiger charge is 2.09. The highest BCUT2D eigenvalue weighted by atomic mass is 79.9. The molecule has 0 fully saturated rings. The summed E-state index contributed by atoms with van der Waals surface area (Å²) in [4.78, 5) is 11.2. The highest BCUT2D eigenvalue weighted by molar-refractivity contribution is 9.10. The molecule has 0 amide bonds. The van der Waals surface area contributed by atoms with Gasteiger partial charge in [0.15, 0.2) is 0 Å². The van der Waals surface area contributed by atoms with Crippen LogP contribution in [0.5, 0.6) is 0 Å². The molecule has 2 N–H and O–H groups in total. The van der Waals surface area contributed by atoms with Crippen molar-refractivity contribution in [1.82, 2.24) is 0 Å². The Balaban J connectivity index is 2.42. The van der Waals surface area contributed by atoms with Gasteiger partial charge in [0.2, 0.25) is 0 Å². The van der Waals surface area contributed by atoms with Crippen molar-refractivity contribution < 1.29 is 9.53 Å². The Labute approximate surface area is 117 Å². The summed E-state index contributed by atoms with van der Waals surface area (Å²) in [6.45, 7) is 4.29. The van der Waals surface area contributed by atoms with E-state index >= 15 is 0 Å². The number of aryl methyl sites for hydroxylation is 1. The van der Waals surface area contributed by atoms with Crippen LogP contribution in [0.1, 0.15) is 30.9 Å². The molecule has 1 unspecified atom stereocenters. The summed E-state index contributed by atoms with van der Waals surface area (Å²) in [5, 5.41) is 0. The molecule has 0 spiro atoms. The van der Waals surface area contributed by atoms with E-state index in [1.807, 2.05) is 6.92 Å². The molecule has 0 aliphatic rings. The summed E-state index contributed by atoms with van der Waals surface area (Å²) in [6, 6.07) is 6.21. The minimum atomic E-state index is -0.168. The molecule has 4 heteroatoms. The third-order valence-electron chi connectivity index (χ3n) is 2.76. The Bertz CT molecular complexity index is 407. The smallest absolute Gasteiger partial charge is 0.305 e. The summed E-state index contributed by atoms with van der Waals surface area (Å²) in [5.74, 6) is -0.168. The zero-order valence-corrected chi connectivity index (χ0v) is 12.5. The van der Waals surface area contributed by atoms with Gasteiger partial charge in [0.25, 0.3) is 0 Å². The van der Waals surface area contributed by atoms with E-state index < -0.39 is 0 Å². The van der Waals surface area contributed by atoms with Crippen LogP contribution in [0, 0.1) is 6.92 Å². The van der Waals surface area contributed by atoms with Crippen LogP contribution >= 0.6 is 15.9 Å². The van der Waals surface area contributed by atoms with Crippen molar-refractivity contribution in [1.29, 1.82) is 0 Å². The van der Waals surface area contributed by atoms with Gasteiger partial charge in [-0.3, -0.25) is 4.79 Å². The maximum atomic E-state index is 11.2. The van der Waals surface area contributed by atoms with Crippen LogP contribution in [0.2, 0.25) is 0 Å². The monoisotopic (exact) mass is 313 g/mol. The molecule has 1 atom stereocenters. The van der Waals surface area contributed by atoms with Gasteiger partial charge in [-0.15, -0.1) is 0 Å². The van der Waals surface area contributed by atoms with Gasteiger partial charge in [0, 0.05) is 16.9 Å².